The normalized spacial score (nSPS) is 12.1. The number of nitriles is 2. The van der Waals surface area contributed by atoms with Crippen LogP contribution in [0.5, 0.6) is 0 Å². The molecule has 0 fully saturated rings. The van der Waals surface area contributed by atoms with Crippen molar-refractivity contribution in [2.45, 2.75) is 6.10 Å². The molecule has 0 aromatic rings. The highest BCUT2D eigenvalue weighted by atomic mass is 35.5. The fraction of sp³-hybridized carbons (Fsp3) is 0.714. The van der Waals surface area contributed by atoms with Gasteiger partial charge in [0, 0.05) is 12.4 Å². The number of halogens is 1. The second-order valence-electron chi connectivity index (χ2n) is 2.29. The van der Waals surface area contributed by atoms with Crippen molar-refractivity contribution in [1.29, 1.82) is 10.5 Å². The lowest BCUT2D eigenvalue weighted by Gasteiger charge is -2.17. The number of hydrogen-bond acceptors (Lipinski definition) is 4. The van der Waals surface area contributed by atoms with Crippen LogP contribution in [0.4, 0.5) is 0 Å². The maximum atomic E-state index is 9.09. The lowest BCUT2D eigenvalue weighted by Crippen LogP contribution is -2.33. The van der Waals surface area contributed by atoms with Gasteiger partial charge in [0.2, 0.25) is 0 Å². The topological polar surface area (TPSA) is 71.0 Å². The van der Waals surface area contributed by atoms with E-state index in [9.17, 15) is 0 Å². The Bertz CT molecular complexity index is 180. The summed E-state index contributed by atoms with van der Waals surface area (Å²) in [7, 11) is 0. The van der Waals surface area contributed by atoms with Gasteiger partial charge in [0.15, 0.2) is 0 Å². The van der Waals surface area contributed by atoms with E-state index in [1.165, 1.54) is 4.90 Å². The lowest BCUT2D eigenvalue weighted by molar-refractivity contribution is 0.144. The van der Waals surface area contributed by atoms with Crippen molar-refractivity contribution in [3.8, 4) is 12.1 Å². The van der Waals surface area contributed by atoms with E-state index in [2.05, 4.69) is 0 Å². The minimum atomic E-state index is -0.673. The zero-order valence-electron chi connectivity index (χ0n) is 6.57. The van der Waals surface area contributed by atoms with Gasteiger partial charge in [-0.2, -0.15) is 10.5 Å². The summed E-state index contributed by atoms with van der Waals surface area (Å²) in [6.07, 6.45) is -0.673. The molecule has 1 atom stereocenters. The smallest absolute Gasteiger partial charge is 0.0875 e. The summed E-state index contributed by atoms with van der Waals surface area (Å²) < 4.78 is 0. The van der Waals surface area contributed by atoms with Crippen LogP contribution in [0.2, 0.25) is 0 Å². The monoisotopic (exact) mass is 187 g/mol. The fourth-order valence-corrected chi connectivity index (χ4v) is 0.829. The van der Waals surface area contributed by atoms with E-state index in [1.807, 2.05) is 12.1 Å². The van der Waals surface area contributed by atoms with Crippen LogP contribution in [0, 0.1) is 22.7 Å². The third kappa shape index (κ3) is 4.92. The summed E-state index contributed by atoms with van der Waals surface area (Å²) in [5.74, 6) is 0.118. The van der Waals surface area contributed by atoms with Gasteiger partial charge in [-0.3, -0.25) is 4.90 Å². The zero-order valence-corrected chi connectivity index (χ0v) is 7.33. The molecule has 5 heteroatoms. The molecule has 0 aliphatic rings. The molecule has 0 saturated carbocycles. The van der Waals surface area contributed by atoms with E-state index in [-0.39, 0.29) is 25.5 Å². The molecular formula is C7H10ClN3O. The molecule has 0 aliphatic carbocycles. The third-order valence-electron chi connectivity index (χ3n) is 1.24. The molecule has 0 spiro atoms. The maximum Gasteiger partial charge on any atom is 0.0875 e. The number of aliphatic hydroxyl groups is 1. The van der Waals surface area contributed by atoms with Gasteiger partial charge in [0.1, 0.15) is 0 Å². The average Bonchev–Trinajstić information content (AvgIpc) is 2.05. The molecule has 0 aromatic heterocycles. The molecule has 0 amide bonds. The van der Waals surface area contributed by atoms with Gasteiger partial charge in [-0.15, -0.1) is 11.6 Å². The van der Waals surface area contributed by atoms with Gasteiger partial charge in [-0.1, -0.05) is 0 Å². The van der Waals surface area contributed by atoms with Crippen LogP contribution in [0.1, 0.15) is 0 Å². The average molecular weight is 188 g/mol. The molecule has 1 unspecified atom stereocenters. The van der Waals surface area contributed by atoms with E-state index >= 15 is 0 Å². The first kappa shape index (κ1) is 11.2. The first-order valence-corrected chi connectivity index (χ1v) is 3.98. The zero-order chi connectivity index (χ0) is 9.40. The number of nitrogens with zero attached hydrogens (tertiary/aromatic N) is 3. The highest BCUT2D eigenvalue weighted by molar-refractivity contribution is 6.18. The van der Waals surface area contributed by atoms with Crippen LogP contribution in [0.25, 0.3) is 0 Å². The minimum absolute atomic E-state index is 0.118. The third-order valence-corrected chi connectivity index (χ3v) is 1.59. The van der Waals surface area contributed by atoms with Crippen molar-refractivity contribution in [1.82, 2.24) is 4.90 Å². The van der Waals surface area contributed by atoms with Crippen molar-refractivity contribution in [3.05, 3.63) is 0 Å². The summed E-state index contributed by atoms with van der Waals surface area (Å²) in [6, 6.07) is 3.81. The van der Waals surface area contributed by atoms with E-state index in [1.54, 1.807) is 0 Å². The second kappa shape index (κ2) is 6.87. The molecule has 4 nitrogen and oxygen atoms in total. The number of alkyl halides is 1. The van der Waals surface area contributed by atoms with Crippen LogP contribution in [-0.2, 0) is 0 Å². The van der Waals surface area contributed by atoms with Gasteiger partial charge >= 0.3 is 0 Å². The number of rotatable bonds is 5. The van der Waals surface area contributed by atoms with Crippen LogP contribution in [0.3, 0.4) is 0 Å². The van der Waals surface area contributed by atoms with Crippen molar-refractivity contribution in [2.24, 2.45) is 0 Å². The number of aliphatic hydroxyl groups excluding tert-OH is 1. The highest BCUT2D eigenvalue weighted by Crippen LogP contribution is 1.93. The predicted octanol–water partition coefficient (Wildman–Crippen LogP) is -0.0647. The van der Waals surface area contributed by atoms with Gasteiger partial charge < -0.3 is 5.11 Å². The molecule has 0 aromatic carbocycles. The van der Waals surface area contributed by atoms with E-state index in [4.69, 9.17) is 27.2 Å². The van der Waals surface area contributed by atoms with Crippen LogP contribution < -0.4 is 0 Å². The largest absolute Gasteiger partial charge is 0.391 e. The minimum Gasteiger partial charge on any atom is -0.391 e. The van der Waals surface area contributed by atoms with Gasteiger partial charge in [-0.25, -0.2) is 0 Å². The van der Waals surface area contributed by atoms with Crippen molar-refractivity contribution < 1.29 is 5.11 Å². The maximum absolute atomic E-state index is 9.09. The lowest BCUT2D eigenvalue weighted by atomic mass is 10.3. The molecule has 1 N–H and O–H groups in total. The molecule has 0 radical (unpaired) electrons. The standard InChI is InChI=1S/C7H10ClN3O/c8-5-7(12)6-11(3-1-9)4-2-10/h7,12H,3-6H2. The predicted molar refractivity (Wildman–Crippen MR) is 44.4 cm³/mol. The van der Waals surface area contributed by atoms with Crippen molar-refractivity contribution in [3.63, 3.8) is 0 Å². The van der Waals surface area contributed by atoms with Gasteiger partial charge in [0.25, 0.3) is 0 Å². The molecule has 12 heavy (non-hydrogen) atoms. The molecule has 0 bridgehead atoms. The van der Waals surface area contributed by atoms with Crippen LogP contribution in [0.15, 0.2) is 0 Å². The Morgan fingerprint density at radius 2 is 1.83 bits per heavy atom. The van der Waals surface area contributed by atoms with E-state index in [0.717, 1.165) is 0 Å². The Kier molecular flexibility index (Phi) is 6.41. The Hall–Kier alpha value is -0.810. The van der Waals surface area contributed by atoms with Crippen LogP contribution in [-0.4, -0.2) is 41.6 Å². The Morgan fingerprint density at radius 3 is 2.17 bits per heavy atom. The summed E-state index contributed by atoms with van der Waals surface area (Å²) >= 11 is 5.35. The van der Waals surface area contributed by atoms with Crippen LogP contribution >= 0.6 is 11.6 Å². The number of hydrogen-bond donors (Lipinski definition) is 1. The summed E-state index contributed by atoms with van der Waals surface area (Å²) in [5, 5.41) is 25.8. The van der Waals surface area contributed by atoms with Crippen molar-refractivity contribution >= 4 is 11.6 Å². The molecular weight excluding hydrogens is 178 g/mol. The van der Waals surface area contributed by atoms with E-state index in [0.29, 0.717) is 0 Å². The second-order valence-corrected chi connectivity index (χ2v) is 2.60. The fourth-order valence-electron chi connectivity index (χ4n) is 0.732. The highest BCUT2D eigenvalue weighted by Gasteiger charge is 2.09. The molecule has 0 rings (SSSR count). The van der Waals surface area contributed by atoms with Gasteiger partial charge in [0.05, 0.1) is 31.3 Å². The first-order chi connectivity index (χ1) is 5.74. The summed E-state index contributed by atoms with van der Waals surface area (Å²) in [6.45, 7) is 0.549. The quantitative estimate of drug-likeness (QED) is 0.484. The first-order valence-electron chi connectivity index (χ1n) is 3.44. The Balaban J connectivity index is 3.80. The summed E-state index contributed by atoms with van der Waals surface area (Å²) in [4.78, 5) is 1.53. The van der Waals surface area contributed by atoms with Gasteiger partial charge in [-0.05, 0) is 0 Å². The SMILES string of the molecule is N#CCN(CC#N)CC(O)CCl. The van der Waals surface area contributed by atoms with E-state index < -0.39 is 6.10 Å². The molecule has 0 saturated heterocycles. The summed E-state index contributed by atoms with van der Waals surface area (Å²) in [5.41, 5.74) is 0. The molecule has 0 heterocycles. The molecule has 0 aliphatic heterocycles. The Labute approximate surface area is 76.6 Å². The Morgan fingerprint density at radius 1 is 1.33 bits per heavy atom. The molecule has 66 valence electrons. The van der Waals surface area contributed by atoms with Crippen molar-refractivity contribution in [2.75, 3.05) is 25.5 Å².